The van der Waals surface area contributed by atoms with Crippen molar-refractivity contribution in [1.82, 2.24) is 4.90 Å². The predicted molar refractivity (Wildman–Crippen MR) is 103 cm³/mol. The minimum Gasteiger partial charge on any atom is -0.493 e. The standard InChI is InChI=1S/C22H26FNO3/c1-16-3-6-21(15-17(16)2)27-20-9-12-24(13-10-20)22(25)11-14-26-19-7-4-18(23)5-8-19/h3-8,15,20H,9-14H2,1-2H3. The Morgan fingerprint density at radius 3 is 2.37 bits per heavy atom. The summed E-state index contributed by atoms with van der Waals surface area (Å²) in [5.41, 5.74) is 2.48. The Kier molecular flexibility index (Phi) is 6.32. The number of carbonyl (C=O) groups excluding carboxylic acids is 1. The van der Waals surface area contributed by atoms with Gasteiger partial charge in [-0.2, -0.15) is 0 Å². The highest BCUT2D eigenvalue weighted by molar-refractivity contribution is 5.76. The van der Waals surface area contributed by atoms with Crippen LogP contribution in [0.1, 0.15) is 30.4 Å². The maximum atomic E-state index is 12.9. The monoisotopic (exact) mass is 371 g/mol. The van der Waals surface area contributed by atoms with Crippen molar-refractivity contribution >= 4 is 5.91 Å². The SMILES string of the molecule is Cc1ccc(OC2CCN(C(=O)CCOc3ccc(F)cc3)CC2)cc1C. The summed E-state index contributed by atoms with van der Waals surface area (Å²) >= 11 is 0. The summed E-state index contributed by atoms with van der Waals surface area (Å²) in [5.74, 6) is 1.26. The number of likely N-dealkylation sites (tertiary alicyclic amines) is 1. The van der Waals surface area contributed by atoms with Gasteiger partial charge in [-0.3, -0.25) is 4.79 Å². The normalized spacial score (nSPS) is 14.9. The van der Waals surface area contributed by atoms with Gasteiger partial charge in [0.1, 0.15) is 23.4 Å². The predicted octanol–water partition coefficient (Wildman–Crippen LogP) is 4.28. The first-order chi connectivity index (χ1) is 13.0. The Morgan fingerprint density at radius 1 is 1.04 bits per heavy atom. The van der Waals surface area contributed by atoms with Gasteiger partial charge in [-0.25, -0.2) is 4.39 Å². The average molecular weight is 371 g/mol. The van der Waals surface area contributed by atoms with Crippen molar-refractivity contribution in [2.24, 2.45) is 0 Å². The molecule has 0 spiro atoms. The molecule has 2 aromatic carbocycles. The Balaban J connectivity index is 1.39. The van der Waals surface area contributed by atoms with Gasteiger partial charge in [-0.1, -0.05) is 6.07 Å². The molecule has 1 aliphatic heterocycles. The number of carbonyl (C=O) groups is 1. The molecule has 1 heterocycles. The van der Waals surface area contributed by atoms with Crippen molar-refractivity contribution in [2.45, 2.75) is 39.2 Å². The van der Waals surface area contributed by atoms with Gasteiger partial charge < -0.3 is 14.4 Å². The number of hydrogen-bond acceptors (Lipinski definition) is 3. The first-order valence-electron chi connectivity index (χ1n) is 9.41. The van der Waals surface area contributed by atoms with Crippen LogP contribution in [-0.4, -0.2) is 36.6 Å². The van der Waals surface area contributed by atoms with Crippen molar-refractivity contribution in [1.29, 1.82) is 0 Å². The molecule has 0 saturated carbocycles. The van der Waals surface area contributed by atoms with E-state index in [0.29, 0.717) is 31.9 Å². The molecule has 0 N–H and O–H groups in total. The molecule has 0 aliphatic carbocycles. The van der Waals surface area contributed by atoms with Crippen LogP contribution in [0.25, 0.3) is 0 Å². The fourth-order valence-corrected chi connectivity index (χ4v) is 3.15. The molecule has 1 fully saturated rings. The molecular weight excluding hydrogens is 345 g/mol. The van der Waals surface area contributed by atoms with Crippen molar-refractivity contribution in [2.75, 3.05) is 19.7 Å². The van der Waals surface area contributed by atoms with Crippen LogP contribution < -0.4 is 9.47 Å². The zero-order chi connectivity index (χ0) is 19.2. The number of rotatable bonds is 6. The van der Waals surface area contributed by atoms with Crippen molar-refractivity contribution in [3.8, 4) is 11.5 Å². The molecule has 1 amide bonds. The average Bonchev–Trinajstić information content (AvgIpc) is 2.67. The van der Waals surface area contributed by atoms with Gasteiger partial charge in [-0.05, 0) is 61.4 Å². The zero-order valence-corrected chi connectivity index (χ0v) is 15.9. The fourth-order valence-electron chi connectivity index (χ4n) is 3.15. The second-order valence-corrected chi connectivity index (χ2v) is 7.00. The summed E-state index contributed by atoms with van der Waals surface area (Å²) in [4.78, 5) is 14.2. The van der Waals surface area contributed by atoms with Crippen molar-refractivity contribution in [3.63, 3.8) is 0 Å². The summed E-state index contributed by atoms with van der Waals surface area (Å²) in [5, 5.41) is 0. The maximum Gasteiger partial charge on any atom is 0.226 e. The molecule has 0 radical (unpaired) electrons. The van der Waals surface area contributed by atoms with E-state index in [0.717, 1.165) is 18.6 Å². The molecule has 0 unspecified atom stereocenters. The van der Waals surface area contributed by atoms with Crippen LogP contribution in [0.5, 0.6) is 11.5 Å². The topological polar surface area (TPSA) is 38.8 Å². The van der Waals surface area contributed by atoms with Crippen molar-refractivity contribution in [3.05, 3.63) is 59.4 Å². The minimum absolute atomic E-state index is 0.0849. The Hall–Kier alpha value is -2.56. The number of piperidine rings is 1. The number of ether oxygens (including phenoxy) is 2. The first-order valence-corrected chi connectivity index (χ1v) is 9.41. The summed E-state index contributed by atoms with van der Waals surface area (Å²) in [6, 6.07) is 12.0. The largest absolute Gasteiger partial charge is 0.493 e. The summed E-state index contributed by atoms with van der Waals surface area (Å²) in [6.45, 7) is 5.86. The first kappa shape index (κ1) is 19.2. The van der Waals surface area contributed by atoms with Crippen LogP contribution in [-0.2, 0) is 4.79 Å². The van der Waals surface area contributed by atoms with Gasteiger partial charge in [-0.15, -0.1) is 0 Å². The minimum atomic E-state index is -0.302. The van der Waals surface area contributed by atoms with E-state index in [-0.39, 0.29) is 17.8 Å². The molecule has 4 nitrogen and oxygen atoms in total. The van der Waals surface area contributed by atoms with Gasteiger partial charge >= 0.3 is 0 Å². The van der Waals surface area contributed by atoms with Crippen LogP contribution in [0.4, 0.5) is 4.39 Å². The highest BCUT2D eigenvalue weighted by atomic mass is 19.1. The summed E-state index contributed by atoms with van der Waals surface area (Å²) < 4.78 is 24.4. The van der Waals surface area contributed by atoms with E-state index in [2.05, 4.69) is 26.0 Å². The molecule has 5 heteroatoms. The Bertz CT molecular complexity index is 768. The van der Waals surface area contributed by atoms with Crippen LogP contribution >= 0.6 is 0 Å². The highest BCUT2D eigenvalue weighted by Gasteiger charge is 2.23. The number of hydrogen-bond donors (Lipinski definition) is 0. The van der Waals surface area contributed by atoms with E-state index in [1.807, 2.05) is 11.0 Å². The van der Waals surface area contributed by atoms with Gasteiger partial charge in [0.15, 0.2) is 0 Å². The number of benzene rings is 2. The summed E-state index contributed by atoms with van der Waals surface area (Å²) in [6.07, 6.45) is 2.13. The smallest absolute Gasteiger partial charge is 0.226 e. The third kappa shape index (κ3) is 5.46. The molecule has 144 valence electrons. The van der Waals surface area contributed by atoms with E-state index in [4.69, 9.17) is 9.47 Å². The summed E-state index contributed by atoms with van der Waals surface area (Å²) in [7, 11) is 0. The fraction of sp³-hybridized carbons (Fsp3) is 0.409. The van der Waals surface area contributed by atoms with Crippen molar-refractivity contribution < 1.29 is 18.7 Å². The van der Waals surface area contributed by atoms with E-state index < -0.39 is 0 Å². The molecule has 1 saturated heterocycles. The van der Waals surface area contributed by atoms with Gasteiger partial charge in [0.05, 0.1) is 13.0 Å². The Labute approximate surface area is 159 Å². The molecule has 1 aliphatic rings. The lowest BCUT2D eigenvalue weighted by atomic mass is 10.1. The Morgan fingerprint density at radius 2 is 1.70 bits per heavy atom. The van der Waals surface area contributed by atoms with Crippen LogP contribution in [0.15, 0.2) is 42.5 Å². The lowest BCUT2D eigenvalue weighted by Gasteiger charge is -2.32. The van der Waals surface area contributed by atoms with Gasteiger partial charge in [0.25, 0.3) is 0 Å². The molecule has 27 heavy (non-hydrogen) atoms. The van der Waals surface area contributed by atoms with E-state index >= 15 is 0 Å². The van der Waals surface area contributed by atoms with E-state index in [1.54, 1.807) is 12.1 Å². The van der Waals surface area contributed by atoms with E-state index in [9.17, 15) is 9.18 Å². The third-order valence-electron chi connectivity index (χ3n) is 4.97. The lowest BCUT2D eigenvalue weighted by Crippen LogP contribution is -2.42. The van der Waals surface area contributed by atoms with Crippen LogP contribution in [0, 0.1) is 19.7 Å². The second kappa shape index (κ2) is 8.89. The van der Waals surface area contributed by atoms with Crippen LogP contribution in [0.3, 0.4) is 0 Å². The number of aryl methyl sites for hydroxylation is 2. The molecule has 0 aromatic heterocycles. The molecule has 0 atom stereocenters. The molecule has 3 rings (SSSR count). The zero-order valence-electron chi connectivity index (χ0n) is 15.9. The number of halogens is 1. The maximum absolute atomic E-state index is 12.9. The second-order valence-electron chi connectivity index (χ2n) is 7.00. The number of nitrogens with zero attached hydrogens (tertiary/aromatic N) is 1. The highest BCUT2D eigenvalue weighted by Crippen LogP contribution is 2.22. The molecule has 2 aromatic rings. The van der Waals surface area contributed by atoms with Crippen LogP contribution in [0.2, 0.25) is 0 Å². The number of amides is 1. The quantitative estimate of drug-likeness (QED) is 0.761. The van der Waals surface area contributed by atoms with E-state index in [1.165, 1.54) is 23.3 Å². The third-order valence-corrected chi connectivity index (χ3v) is 4.97. The van der Waals surface area contributed by atoms with Gasteiger partial charge in [0.2, 0.25) is 5.91 Å². The van der Waals surface area contributed by atoms with Gasteiger partial charge in [0, 0.05) is 25.9 Å². The lowest BCUT2D eigenvalue weighted by molar-refractivity contribution is -0.133. The molecular formula is C22H26FNO3. The molecule has 0 bridgehead atoms.